The number of amides is 1. The molecular weight excluding hydrogens is 369 g/mol. The number of rotatable bonds is 3. The van der Waals surface area contributed by atoms with Gasteiger partial charge in [-0.05, 0) is 38.2 Å². The lowest BCUT2D eigenvalue weighted by molar-refractivity contribution is -0.136. The van der Waals surface area contributed by atoms with Crippen molar-refractivity contribution in [3.05, 3.63) is 35.9 Å². The zero-order valence-corrected chi connectivity index (χ0v) is 17.3. The van der Waals surface area contributed by atoms with Crippen LogP contribution in [0.15, 0.2) is 30.3 Å². The normalized spacial score (nSPS) is 27.0. The lowest BCUT2D eigenvalue weighted by Gasteiger charge is -2.31. The van der Waals surface area contributed by atoms with E-state index in [9.17, 15) is 4.79 Å². The Morgan fingerprint density at radius 2 is 1.81 bits per heavy atom. The van der Waals surface area contributed by atoms with Gasteiger partial charge in [0.1, 0.15) is 0 Å². The molecule has 1 aliphatic carbocycles. The van der Waals surface area contributed by atoms with Gasteiger partial charge in [-0.25, -0.2) is 0 Å². The zero-order valence-electron chi connectivity index (χ0n) is 15.7. The summed E-state index contributed by atoms with van der Waals surface area (Å²) >= 11 is 0. The van der Waals surface area contributed by atoms with Gasteiger partial charge in [0.15, 0.2) is 0 Å². The summed E-state index contributed by atoms with van der Waals surface area (Å²) in [5.74, 6) is 0.503. The Morgan fingerprint density at radius 3 is 2.50 bits per heavy atom. The molecule has 0 bridgehead atoms. The van der Waals surface area contributed by atoms with Gasteiger partial charge in [0.2, 0.25) is 5.91 Å². The summed E-state index contributed by atoms with van der Waals surface area (Å²) in [6.45, 7) is 5.95. The van der Waals surface area contributed by atoms with Gasteiger partial charge in [-0.3, -0.25) is 9.69 Å². The van der Waals surface area contributed by atoms with Gasteiger partial charge in [-0.1, -0.05) is 36.8 Å². The van der Waals surface area contributed by atoms with Crippen LogP contribution in [0.5, 0.6) is 0 Å². The topological polar surface area (TPSA) is 49.6 Å². The smallest absolute Gasteiger partial charge is 0.225 e. The molecule has 2 aliphatic rings. The van der Waals surface area contributed by atoms with Crippen molar-refractivity contribution in [2.45, 2.75) is 57.7 Å². The van der Waals surface area contributed by atoms with Gasteiger partial charge in [0.25, 0.3) is 0 Å². The summed E-state index contributed by atoms with van der Waals surface area (Å²) in [5, 5.41) is 0. The molecule has 1 aromatic carbocycles. The lowest BCUT2D eigenvalue weighted by atomic mass is 9.85. The summed E-state index contributed by atoms with van der Waals surface area (Å²) in [4.78, 5) is 17.5. The zero-order chi connectivity index (χ0) is 16.9. The fourth-order valence-electron chi connectivity index (χ4n) is 4.09. The molecule has 3 rings (SSSR count). The first kappa shape index (κ1) is 23.2. The highest BCUT2D eigenvalue weighted by Gasteiger charge is 2.31. The number of halogens is 2. The van der Waals surface area contributed by atoms with Crippen molar-refractivity contribution in [1.82, 2.24) is 9.80 Å². The van der Waals surface area contributed by atoms with Crippen LogP contribution in [0, 0.1) is 5.92 Å². The molecule has 1 heterocycles. The van der Waals surface area contributed by atoms with E-state index in [1.807, 2.05) is 0 Å². The average molecular weight is 402 g/mol. The lowest BCUT2D eigenvalue weighted by Crippen LogP contribution is -2.42. The molecule has 1 saturated carbocycles. The number of nitrogens with zero attached hydrogens (tertiary/aromatic N) is 2. The van der Waals surface area contributed by atoms with E-state index in [1.54, 1.807) is 0 Å². The first-order valence-corrected chi connectivity index (χ1v) is 9.46. The molecule has 2 N–H and O–H groups in total. The SMILES string of the molecule is CC1CCN(C(=O)C2CCCC(N)C2)CCN1Cc1ccccc1.Cl.Cl. The molecule has 1 saturated heterocycles. The minimum atomic E-state index is 0. The van der Waals surface area contributed by atoms with Gasteiger partial charge in [-0.2, -0.15) is 0 Å². The molecule has 1 aliphatic heterocycles. The average Bonchev–Trinajstić information content (AvgIpc) is 2.78. The molecule has 1 aromatic rings. The number of hydrogen-bond acceptors (Lipinski definition) is 3. The summed E-state index contributed by atoms with van der Waals surface area (Å²) in [6.07, 6.45) is 5.12. The van der Waals surface area contributed by atoms with Crippen molar-refractivity contribution < 1.29 is 4.79 Å². The van der Waals surface area contributed by atoms with Crippen molar-refractivity contribution in [3.8, 4) is 0 Å². The molecule has 3 atom stereocenters. The van der Waals surface area contributed by atoms with Crippen LogP contribution in [0.25, 0.3) is 0 Å². The van der Waals surface area contributed by atoms with E-state index in [2.05, 4.69) is 47.1 Å². The Bertz CT molecular complexity index is 543. The van der Waals surface area contributed by atoms with Gasteiger partial charge in [-0.15, -0.1) is 24.8 Å². The van der Waals surface area contributed by atoms with Crippen LogP contribution >= 0.6 is 24.8 Å². The molecule has 3 unspecified atom stereocenters. The summed E-state index contributed by atoms with van der Waals surface area (Å²) < 4.78 is 0. The second kappa shape index (κ2) is 11.1. The van der Waals surface area contributed by atoms with Crippen LogP contribution in [0.4, 0.5) is 0 Å². The molecule has 0 spiro atoms. The quantitative estimate of drug-likeness (QED) is 0.842. The van der Waals surface area contributed by atoms with Crippen molar-refractivity contribution in [1.29, 1.82) is 0 Å². The maximum atomic E-state index is 12.9. The Balaban J connectivity index is 0.00000169. The predicted molar refractivity (Wildman–Crippen MR) is 112 cm³/mol. The summed E-state index contributed by atoms with van der Waals surface area (Å²) in [6, 6.07) is 11.4. The fraction of sp³-hybridized carbons (Fsp3) is 0.650. The number of nitrogens with two attached hydrogens (primary N) is 1. The van der Waals surface area contributed by atoms with Crippen LogP contribution in [0.1, 0.15) is 44.6 Å². The molecule has 148 valence electrons. The van der Waals surface area contributed by atoms with E-state index in [1.165, 1.54) is 5.56 Å². The minimum absolute atomic E-state index is 0. The maximum Gasteiger partial charge on any atom is 0.225 e. The second-order valence-corrected chi connectivity index (χ2v) is 7.54. The van der Waals surface area contributed by atoms with Gasteiger partial charge < -0.3 is 10.6 Å². The number of hydrogen-bond donors (Lipinski definition) is 1. The largest absolute Gasteiger partial charge is 0.341 e. The Labute approximate surface area is 170 Å². The maximum absolute atomic E-state index is 12.9. The predicted octanol–water partition coefficient (Wildman–Crippen LogP) is 3.47. The molecule has 0 radical (unpaired) electrons. The van der Waals surface area contributed by atoms with Gasteiger partial charge >= 0.3 is 0 Å². The highest BCUT2D eigenvalue weighted by molar-refractivity contribution is 5.85. The summed E-state index contributed by atoms with van der Waals surface area (Å²) in [5.41, 5.74) is 7.42. The molecule has 4 nitrogen and oxygen atoms in total. The number of carbonyl (C=O) groups is 1. The number of carbonyl (C=O) groups excluding carboxylic acids is 1. The van der Waals surface area contributed by atoms with Crippen LogP contribution in [-0.2, 0) is 11.3 Å². The van der Waals surface area contributed by atoms with E-state index >= 15 is 0 Å². The van der Waals surface area contributed by atoms with Crippen LogP contribution < -0.4 is 5.73 Å². The third kappa shape index (κ3) is 6.12. The second-order valence-electron chi connectivity index (χ2n) is 7.54. The molecule has 2 fully saturated rings. The third-order valence-corrected chi connectivity index (χ3v) is 5.70. The van der Waals surface area contributed by atoms with E-state index in [0.29, 0.717) is 11.9 Å². The van der Waals surface area contributed by atoms with Crippen LogP contribution in [-0.4, -0.2) is 47.4 Å². The Hall–Kier alpha value is -0.810. The third-order valence-electron chi connectivity index (χ3n) is 5.70. The molecule has 1 amide bonds. The van der Waals surface area contributed by atoms with Crippen molar-refractivity contribution in [2.24, 2.45) is 11.7 Å². The summed E-state index contributed by atoms with van der Waals surface area (Å²) in [7, 11) is 0. The first-order chi connectivity index (χ1) is 11.6. The van der Waals surface area contributed by atoms with Crippen molar-refractivity contribution in [2.75, 3.05) is 19.6 Å². The van der Waals surface area contributed by atoms with E-state index < -0.39 is 0 Å². The molecular formula is C20H33Cl2N3O. The molecule has 6 heteroatoms. The van der Waals surface area contributed by atoms with Gasteiger partial charge in [0, 0.05) is 44.2 Å². The fourth-order valence-corrected chi connectivity index (χ4v) is 4.09. The monoisotopic (exact) mass is 401 g/mol. The Morgan fingerprint density at radius 1 is 1.08 bits per heavy atom. The molecule has 0 aromatic heterocycles. The minimum Gasteiger partial charge on any atom is -0.341 e. The van der Waals surface area contributed by atoms with E-state index in [0.717, 1.165) is 58.3 Å². The van der Waals surface area contributed by atoms with E-state index in [-0.39, 0.29) is 36.8 Å². The van der Waals surface area contributed by atoms with Crippen LogP contribution in [0.2, 0.25) is 0 Å². The first-order valence-electron chi connectivity index (χ1n) is 9.46. The van der Waals surface area contributed by atoms with Gasteiger partial charge in [0.05, 0.1) is 0 Å². The highest BCUT2D eigenvalue weighted by atomic mass is 35.5. The highest BCUT2D eigenvalue weighted by Crippen LogP contribution is 2.26. The standard InChI is InChI=1S/C20H31N3O.2ClH/c1-16-10-11-22(20(24)18-8-5-9-19(21)14-18)12-13-23(16)15-17-6-3-2-4-7-17;;/h2-4,6-7,16,18-19H,5,8-15,21H2,1H3;2*1H. The molecule has 26 heavy (non-hydrogen) atoms. The van der Waals surface area contributed by atoms with Crippen molar-refractivity contribution in [3.63, 3.8) is 0 Å². The Kier molecular flexibility index (Phi) is 9.94. The van der Waals surface area contributed by atoms with Crippen LogP contribution in [0.3, 0.4) is 0 Å². The number of benzene rings is 1. The van der Waals surface area contributed by atoms with Crippen molar-refractivity contribution >= 4 is 30.7 Å². The van der Waals surface area contributed by atoms with E-state index in [4.69, 9.17) is 5.73 Å².